The third-order valence-corrected chi connectivity index (χ3v) is 5.35. The fraction of sp³-hybridized carbons (Fsp3) is 0. The van der Waals surface area contributed by atoms with E-state index < -0.39 is 0 Å². The van der Waals surface area contributed by atoms with Gasteiger partial charge in [-0.1, -0.05) is 0 Å². The van der Waals surface area contributed by atoms with E-state index in [0.717, 1.165) is 19.6 Å². The summed E-state index contributed by atoms with van der Waals surface area (Å²) in [4.78, 5) is 12.9. The average molecular weight is 353 g/mol. The van der Waals surface area contributed by atoms with Gasteiger partial charge >= 0.3 is 0 Å². The lowest BCUT2D eigenvalue weighted by Crippen LogP contribution is -2.10. The molecule has 0 atom stereocenters. The van der Waals surface area contributed by atoms with Gasteiger partial charge < -0.3 is 11.1 Å². The minimum Gasteiger partial charge on any atom is -0.399 e. The van der Waals surface area contributed by atoms with Crippen LogP contribution in [0.25, 0.3) is 9.40 Å². The van der Waals surface area contributed by atoms with Crippen LogP contribution in [0, 0.1) is 0 Å². The molecule has 0 spiro atoms. The number of hydrogen-bond donors (Lipinski definition) is 2. The van der Waals surface area contributed by atoms with E-state index in [4.69, 9.17) is 5.73 Å². The molecule has 0 aliphatic rings. The molecule has 96 valence electrons. The molecule has 3 nitrogen and oxygen atoms in total. The molecule has 1 amide bonds. The van der Waals surface area contributed by atoms with E-state index in [9.17, 15) is 4.79 Å². The van der Waals surface area contributed by atoms with Gasteiger partial charge in [0.2, 0.25) is 0 Å². The minimum atomic E-state index is -0.0983. The van der Waals surface area contributed by atoms with Crippen molar-refractivity contribution in [1.29, 1.82) is 0 Å². The summed E-state index contributed by atoms with van der Waals surface area (Å²) in [7, 11) is 0. The maximum atomic E-state index is 12.2. The monoisotopic (exact) mass is 352 g/mol. The number of carbonyl (C=O) groups is 1. The van der Waals surface area contributed by atoms with Gasteiger partial charge in [0.25, 0.3) is 5.91 Å². The molecule has 0 saturated heterocycles. The Morgan fingerprint density at radius 2 is 2.05 bits per heavy atom. The predicted molar refractivity (Wildman–Crippen MR) is 86.2 cm³/mol. The Balaban J connectivity index is 1.86. The molecule has 3 N–H and O–H groups in total. The maximum Gasteiger partial charge on any atom is 0.265 e. The fourth-order valence-corrected chi connectivity index (χ4v) is 4.19. The largest absolute Gasteiger partial charge is 0.399 e. The summed E-state index contributed by atoms with van der Waals surface area (Å²) in [5, 5.41) is 4.91. The first-order valence-corrected chi connectivity index (χ1v) is 7.96. The third kappa shape index (κ3) is 2.51. The zero-order valence-electron chi connectivity index (χ0n) is 9.64. The van der Waals surface area contributed by atoms with E-state index in [1.54, 1.807) is 29.5 Å². The lowest BCUT2D eigenvalue weighted by Gasteiger charge is -2.06. The molecule has 0 unspecified atom stereocenters. The van der Waals surface area contributed by atoms with E-state index in [1.807, 2.05) is 17.5 Å². The number of hydrogen-bond acceptors (Lipinski definition) is 4. The van der Waals surface area contributed by atoms with Crippen molar-refractivity contribution in [2.24, 2.45) is 0 Å². The van der Waals surface area contributed by atoms with Gasteiger partial charge in [-0.25, -0.2) is 0 Å². The van der Waals surface area contributed by atoms with Crippen LogP contribution in [0.1, 0.15) is 9.67 Å². The molecule has 0 aliphatic heterocycles. The first kappa shape index (κ1) is 12.7. The Hall–Kier alpha value is -1.37. The number of fused-ring (bicyclic) bond motifs is 1. The Bertz CT molecular complexity index is 734. The third-order valence-electron chi connectivity index (χ3n) is 2.60. The highest BCUT2D eigenvalue weighted by molar-refractivity contribution is 9.10. The van der Waals surface area contributed by atoms with E-state index >= 15 is 0 Å². The van der Waals surface area contributed by atoms with Crippen molar-refractivity contribution in [2.45, 2.75) is 0 Å². The summed E-state index contributed by atoms with van der Waals surface area (Å²) < 4.78 is 3.07. The van der Waals surface area contributed by atoms with Gasteiger partial charge in [0.05, 0.1) is 10.6 Å². The Morgan fingerprint density at radius 1 is 1.21 bits per heavy atom. The minimum absolute atomic E-state index is 0.0983. The Labute approximate surface area is 126 Å². The van der Waals surface area contributed by atoms with Crippen LogP contribution in [0.2, 0.25) is 0 Å². The number of rotatable bonds is 2. The van der Waals surface area contributed by atoms with Crippen molar-refractivity contribution in [3.63, 3.8) is 0 Å². The van der Waals surface area contributed by atoms with Crippen LogP contribution in [0.15, 0.2) is 40.2 Å². The second-order valence-corrected chi connectivity index (χ2v) is 6.84. The number of benzene rings is 1. The molecular formula is C13H9BrN2OS2. The molecule has 0 aliphatic carbocycles. The van der Waals surface area contributed by atoms with Crippen molar-refractivity contribution >= 4 is 65.3 Å². The van der Waals surface area contributed by atoms with Gasteiger partial charge in [-0.15, -0.1) is 22.7 Å². The lowest BCUT2D eigenvalue weighted by atomic mass is 10.3. The summed E-state index contributed by atoms with van der Waals surface area (Å²) in [6.07, 6.45) is 0. The molecule has 1 aromatic carbocycles. The number of amides is 1. The molecule has 3 rings (SSSR count). The summed E-state index contributed by atoms with van der Waals surface area (Å²) in [6.45, 7) is 0. The van der Waals surface area contributed by atoms with E-state index in [-0.39, 0.29) is 5.91 Å². The number of anilines is 2. The van der Waals surface area contributed by atoms with Gasteiger partial charge in [-0.2, -0.15) is 0 Å². The van der Waals surface area contributed by atoms with Gasteiger partial charge in [0.15, 0.2) is 0 Å². The molecule has 0 fully saturated rings. The molecule has 3 aromatic rings. The van der Waals surface area contributed by atoms with Gasteiger partial charge in [-0.05, 0) is 51.6 Å². The SMILES string of the molecule is Nc1ccc(NC(=O)c2cc3sccc3s2)c(Br)c1. The lowest BCUT2D eigenvalue weighted by molar-refractivity contribution is 0.103. The van der Waals surface area contributed by atoms with Crippen molar-refractivity contribution < 1.29 is 4.79 Å². The second-order valence-electron chi connectivity index (χ2n) is 3.95. The number of nitrogens with one attached hydrogen (secondary N) is 1. The summed E-state index contributed by atoms with van der Waals surface area (Å²) in [5.74, 6) is -0.0983. The highest BCUT2D eigenvalue weighted by Gasteiger charge is 2.12. The van der Waals surface area contributed by atoms with Crippen LogP contribution in [0.5, 0.6) is 0 Å². The zero-order chi connectivity index (χ0) is 13.4. The Kier molecular flexibility index (Phi) is 3.30. The van der Waals surface area contributed by atoms with Crippen molar-refractivity contribution in [1.82, 2.24) is 0 Å². The highest BCUT2D eigenvalue weighted by Crippen LogP contribution is 2.31. The second kappa shape index (κ2) is 4.96. The molecule has 0 radical (unpaired) electrons. The van der Waals surface area contributed by atoms with Gasteiger partial charge in [0.1, 0.15) is 0 Å². The molecule has 2 heterocycles. The van der Waals surface area contributed by atoms with E-state index in [0.29, 0.717) is 10.6 Å². The summed E-state index contributed by atoms with van der Waals surface area (Å²) in [5.41, 5.74) is 7.04. The molecular weight excluding hydrogens is 344 g/mol. The highest BCUT2D eigenvalue weighted by atomic mass is 79.9. The first-order chi connectivity index (χ1) is 9.13. The van der Waals surface area contributed by atoms with Crippen LogP contribution in [-0.4, -0.2) is 5.91 Å². The number of nitrogens with two attached hydrogens (primary N) is 1. The van der Waals surface area contributed by atoms with Gasteiger partial charge in [0, 0.05) is 19.6 Å². The van der Waals surface area contributed by atoms with Crippen molar-refractivity contribution in [3.8, 4) is 0 Å². The summed E-state index contributed by atoms with van der Waals surface area (Å²) in [6, 6.07) is 9.26. The molecule has 19 heavy (non-hydrogen) atoms. The Morgan fingerprint density at radius 3 is 2.79 bits per heavy atom. The van der Waals surface area contributed by atoms with Crippen molar-refractivity contribution in [3.05, 3.63) is 45.1 Å². The number of thiophene rings is 2. The summed E-state index contributed by atoms with van der Waals surface area (Å²) >= 11 is 6.53. The van der Waals surface area contributed by atoms with E-state index in [1.165, 1.54) is 11.3 Å². The van der Waals surface area contributed by atoms with Crippen LogP contribution >= 0.6 is 38.6 Å². The van der Waals surface area contributed by atoms with Crippen LogP contribution in [-0.2, 0) is 0 Å². The number of nitrogen functional groups attached to an aromatic ring is 1. The first-order valence-electron chi connectivity index (χ1n) is 5.47. The van der Waals surface area contributed by atoms with Crippen LogP contribution in [0.4, 0.5) is 11.4 Å². The predicted octanol–water partition coefficient (Wildman–Crippen LogP) is 4.56. The average Bonchev–Trinajstić information content (AvgIpc) is 2.93. The maximum absolute atomic E-state index is 12.2. The topological polar surface area (TPSA) is 55.1 Å². The normalized spacial score (nSPS) is 10.8. The fourth-order valence-electron chi connectivity index (χ4n) is 1.69. The quantitative estimate of drug-likeness (QED) is 0.664. The molecule has 6 heteroatoms. The number of carbonyl (C=O) groups excluding carboxylic acids is 1. The van der Waals surface area contributed by atoms with Crippen molar-refractivity contribution in [2.75, 3.05) is 11.1 Å². The zero-order valence-corrected chi connectivity index (χ0v) is 12.9. The van der Waals surface area contributed by atoms with Gasteiger partial charge in [-0.3, -0.25) is 4.79 Å². The molecule has 2 aromatic heterocycles. The molecule has 0 bridgehead atoms. The van der Waals surface area contributed by atoms with Crippen LogP contribution < -0.4 is 11.1 Å². The van der Waals surface area contributed by atoms with Crippen LogP contribution in [0.3, 0.4) is 0 Å². The smallest absolute Gasteiger partial charge is 0.265 e. The standard InChI is InChI=1S/C13H9BrN2OS2/c14-8-5-7(15)1-2-9(8)16-13(17)12-6-11-10(19-12)3-4-18-11/h1-6H,15H2,(H,16,17). The molecule has 0 saturated carbocycles. The number of halogens is 1. The van der Waals surface area contributed by atoms with E-state index in [2.05, 4.69) is 21.2 Å².